The highest BCUT2D eigenvalue weighted by atomic mass is 16.5. The molecule has 2 aromatic heterocycles. The van der Waals surface area contributed by atoms with Crippen LogP contribution in [0.1, 0.15) is 11.1 Å². The number of aromatic nitrogens is 4. The number of anilines is 1. The second kappa shape index (κ2) is 7.14. The smallest absolute Gasteiger partial charge is 0.278 e. The fourth-order valence-electron chi connectivity index (χ4n) is 2.48. The summed E-state index contributed by atoms with van der Waals surface area (Å²) in [5.74, 6) is 1.58. The van der Waals surface area contributed by atoms with E-state index in [1.165, 1.54) is 11.1 Å². The predicted octanol–water partition coefficient (Wildman–Crippen LogP) is 4.11. The molecule has 0 amide bonds. The molecule has 6 nitrogen and oxygen atoms in total. The van der Waals surface area contributed by atoms with Crippen molar-refractivity contribution in [2.45, 2.75) is 13.5 Å². The zero-order valence-electron chi connectivity index (χ0n) is 14.3. The predicted molar refractivity (Wildman–Crippen MR) is 99.3 cm³/mol. The molecule has 0 saturated heterocycles. The lowest BCUT2D eigenvalue weighted by molar-refractivity contribution is 0.430. The highest BCUT2D eigenvalue weighted by molar-refractivity contribution is 5.58. The highest BCUT2D eigenvalue weighted by Gasteiger charge is 2.12. The maximum Gasteiger partial charge on any atom is 0.278 e. The monoisotopic (exact) mass is 343 g/mol. The molecule has 0 bridgehead atoms. The van der Waals surface area contributed by atoms with Crippen molar-refractivity contribution in [1.29, 1.82) is 0 Å². The second-order valence-electron chi connectivity index (χ2n) is 5.93. The van der Waals surface area contributed by atoms with Crippen molar-refractivity contribution in [2.24, 2.45) is 0 Å². The van der Waals surface area contributed by atoms with Crippen LogP contribution in [-0.2, 0) is 6.54 Å². The van der Waals surface area contributed by atoms with Gasteiger partial charge in [-0.1, -0.05) is 65.3 Å². The Labute approximate surface area is 150 Å². The van der Waals surface area contributed by atoms with Gasteiger partial charge in [0.05, 0.1) is 0 Å². The number of nitrogens with zero attached hydrogens (tertiary/aromatic N) is 4. The third-order valence-electron chi connectivity index (χ3n) is 3.94. The van der Waals surface area contributed by atoms with E-state index < -0.39 is 0 Å². The van der Waals surface area contributed by atoms with Gasteiger partial charge in [-0.2, -0.15) is 4.98 Å². The molecular formula is C20H17N5O. The molecule has 128 valence electrons. The Morgan fingerprint density at radius 2 is 1.69 bits per heavy atom. The minimum Gasteiger partial charge on any atom is -0.365 e. The summed E-state index contributed by atoms with van der Waals surface area (Å²) in [6, 6.07) is 21.7. The Balaban J connectivity index is 1.46. The summed E-state index contributed by atoms with van der Waals surface area (Å²) in [5, 5.41) is 15.6. The van der Waals surface area contributed by atoms with Crippen molar-refractivity contribution < 1.29 is 4.52 Å². The summed E-state index contributed by atoms with van der Waals surface area (Å²) in [7, 11) is 0. The lowest BCUT2D eigenvalue weighted by atomic mass is 10.1. The maximum absolute atomic E-state index is 5.32. The molecule has 0 aliphatic heterocycles. The molecule has 2 heterocycles. The Kier molecular flexibility index (Phi) is 4.38. The normalized spacial score (nSPS) is 10.7. The first kappa shape index (κ1) is 16.0. The molecule has 0 unspecified atom stereocenters. The third kappa shape index (κ3) is 3.59. The van der Waals surface area contributed by atoms with Gasteiger partial charge in [-0.15, -0.1) is 10.2 Å². The minimum atomic E-state index is 0.350. The topological polar surface area (TPSA) is 76.7 Å². The van der Waals surface area contributed by atoms with Gasteiger partial charge in [0.1, 0.15) is 5.82 Å². The van der Waals surface area contributed by atoms with Crippen LogP contribution in [0.3, 0.4) is 0 Å². The van der Waals surface area contributed by atoms with Crippen LogP contribution in [0.2, 0.25) is 0 Å². The molecule has 0 spiro atoms. The number of hydrogen-bond donors (Lipinski definition) is 1. The van der Waals surface area contributed by atoms with Crippen LogP contribution in [0.5, 0.6) is 0 Å². The minimum absolute atomic E-state index is 0.350. The standard InChI is InChI=1S/C20H17N5O/c1-14-7-9-16(10-8-14)19-22-20(26-25-19)17-11-12-18(24-23-17)21-13-15-5-3-2-4-6-15/h2-12H,13H2,1H3,(H,21,24). The van der Waals surface area contributed by atoms with Gasteiger partial charge in [0, 0.05) is 12.1 Å². The molecule has 4 aromatic rings. The summed E-state index contributed by atoms with van der Waals surface area (Å²) in [6.07, 6.45) is 0. The average Bonchev–Trinajstić information content (AvgIpc) is 3.18. The Morgan fingerprint density at radius 1 is 0.885 bits per heavy atom. The first-order chi connectivity index (χ1) is 12.8. The van der Waals surface area contributed by atoms with Crippen molar-refractivity contribution in [1.82, 2.24) is 20.3 Å². The van der Waals surface area contributed by atoms with Gasteiger partial charge in [0.25, 0.3) is 5.89 Å². The molecule has 0 aliphatic carbocycles. The van der Waals surface area contributed by atoms with Gasteiger partial charge in [0.2, 0.25) is 5.82 Å². The summed E-state index contributed by atoms with van der Waals surface area (Å²) < 4.78 is 5.32. The van der Waals surface area contributed by atoms with E-state index >= 15 is 0 Å². The lowest BCUT2D eigenvalue weighted by Gasteiger charge is -2.04. The van der Waals surface area contributed by atoms with Crippen molar-refractivity contribution >= 4 is 5.82 Å². The van der Waals surface area contributed by atoms with Gasteiger partial charge in [-0.05, 0) is 24.6 Å². The highest BCUT2D eigenvalue weighted by Crippen LogP contribution is 2.21. The lowest BCUT2D eigenvalue weighted by Crippen LogP contribution is -2.02. The first-order valence-corrected chi connectivity index (χ1v) is 8.30. The van der Waals surface area contributed by atoms with E-state index in [-0.39, 0.29) is 0 Å². The summed E-state index contributed by atoms with van der Waals surface area (Å²) in [4.78, 5) is 4.40. The molecule has 1 N–H and O–H groups in total. The molecule has 2 aromatic carbocycles. The molecule has 0 aliphatic rings. The van der Waals surface area contributed by atoms with Gasteiger partial charge in [0.15, 0.2) is 5.69 Å². The van der Waals surface area contributed by atoms with Crippen molar-refractivity contribution in [3.05, 3.63) is 77.9 Å². The van der Waals surface area contributed by atoms with Crippen molar-refractivity contribution in [3.63, 3.8) is 0 Å². The molecule has 6 heteroatoms. The van der Waals surface area contributed by atoms with Gasteiger partial charge in [-0.3, -0.25) is 0 Å². The van der Waals surface area contributed by atoms with E-state index in [9.17, 15) is 0 Å². The number of benzene rings is 2. The van der Waals surface area contributed by atoms with Crippen molar-refractivity contribution in [3.8, 4) is 23.0 Å². The first-order valence-electron chi connectivity index (χ1n) is 8.30. The summed E-state index contributed by atoms with van der Waals surface area (Å²) in [5.41, 5.74) is 3.81. The average molecular weight is 343 g/mol. The molecule has 0 saturated carbocycles. The Hall–Kier alpha value is -3.54. The molecular weight excluding hydrogens is 326 g/mol. The largest absolute Gasteiger partial charge is 0.365 e. The van der Waals surface area contributed by atoms with E-state index in [0.717, 1.165) is 5.56 Å². The maximum atomic E-state index is 5.32. The Bertz CT molecular complexity index is 979. The number of rotatable bonds is 5. The van der Waals surface area contributed by atoms with Crippen LogP contribution in [0.4, 0.5) is 5.82 Å². The zero-order valence-corrected chi connectivity index (χ0v) is 14.3. The fraction of sp³-hybridized carbons (Fsp3) is 0.100. The van der Waals surface area contributed by atoms with E-state index in [4.69, 9.17) is 4.52 Å². The fourth-order valence-corrected chi connectivity index (χ4v) is 2.48. The van der Waals surface area contributed by atoms with Gasteiger partial charge >= 0.3 is 0 Å². The Morgan fingerprint density at radius 3 is 2.42 bits per heavy atom. The molecule has 4 rings (SSSR count). The summed E-state index contributed by atoms with van der Waals surface area (Å²) >= 11 is 0. The van der Waals surface area contributed by atoms with E-state index in [2.05, 4.69) is 37.8 Å². The van der Waals surface area contributed by atoms with Crippen LogP contribution in [0.15, 0.2) is 71.3 Å². The SMILES string of the molecule is Cc1ccc(-c2noc(-c3ccc(NCc4ccccc4)nn3)n2)cc1. The van der Waals surface area contributed by atoms with Crippen LogP contribution in [-0.4, -0.2) is 20.3 Å². The number of hydrogen-bond acceptors (Lipinski definition) is 6. The van der Waals surface area contributed by atoms with E-state index in [1.54, 1.807) is 0 Å². The molecule has 0 atom stereocenters. The summed E-state index contributed by atoms with van der Waals surface area (Å²) in [6.45, 7) is 2.72. The third-order valence-corrected chi connectivity index (χ3v) is 3.94. The van der Waals surface area contributed by atoms with Crippen LogP contribution in [0, 0.1) is 6.92 Å². The number of nitrogens with one attached hydrogen (secondary N) is 1. The van der Waals surface area contributed by atoms with E-state index in [0.29, 0.717) is 29.8 Å². The van der Waals surface area contributed by atoms with Crippen LogP contribution >= 0.6 is 0 Å². The quantitative estimate of drug-likeness (QED) is 0.587. The van der Waals surface area contributed by atoms with Crippen LogP contribution < -0.4 is 5.32 Å². The second-order valence-corrected chi connectivity index (χ2v) is 5.93. The molecule has 26 heavy (non-hydrogen) atoms. The van der Waals surface area contributed by atoms with Crippen LogP contribution in [0.25, 0.3) is 23.0 Å². The van der Waals surface area contributed by atoms with Gasteiger partial charge in [-0.25, -0.2) is 0 Å². The van der Waals surface area contributed by atoms with Gasteiger partial charge < -0.3 is 9.84 Å². The van der Waals surface area contributed by atoms with Crippen molar-refractivity contribution in [2.75, 3.05) is 5.32 Å². The van der Waals surface area contributed by atoms with E-state index in [1.807, 2.05) is 61.5 Å². The zero-order chi connectivity index (χ0) is 17.8. The molecule has 0 fully saturated rings. The molecule has 0 radical (unpaired) electrons. The number of aryl methyl sites for hydroxylation is 1.